The second-order valence-corrected chi connectivity index (χ2v) is 5.84. The highest BCUT2D eigenvalue weighted by atomic mass is 19.1. The van der Waals surface area contributed by atoms with Gasteiger partial charge in [-0.1, -0.05) is 5.16 Å². The minimum absolute atomic E-state index is 0.0556. The van der Waals surface area contributed by atoms with E-state index in [4.69, 9.17) is 10.9 Å². The van der Waals surface area contributed by atoms with Gasteiger partial charge >= 0.3 is 0 Å². The van der Waals surface area contributed by atoms with Crippen LogP contribution in [0.1, 0.15) is 18.4 Å². The second-order valence-electron chi connectivity index (χ2n) is 5.84. The molecule has 2 rings (SSSR count). The van der Waals surface area contributed by atoms with Crippen LogP contribution >= 0.6 is 0 Å². The van der Waals surface area contributed by atoms with E-state index in [0.717, 1.165) is 38.2 Å². The lowest BCUT2D eigenvalue weighted by Crippen LogP contribution is -2.38. The Labute approximate surface area is 124 Å². The fraction of sp³-hybridized carbons (Fsp3) is 0.533. The van der Waals surface area contributed by atoms with Crippen LogP contribution in [0.2, 0.25) is 0 Å². The highest BCUT2D eigenvalue weighted by molar-refractivity contribution is 6.02. The zero-order valence-electron chi connectivity index (χ0n) is 12.6. The lowest BCUT2D eigenvalue weighted by atomic mass is 9.95. The topological polar surface area (TPSA) is 65.1 Å². The molecule has 5 nitrogen and oxygen atoms in total. The normalized spacial score (nSPS) is 17.5. The van der Waals surface area contributed by atoms with E-state index in [9.17, 15) is 4.39 Å². The first kappa shape index (κ1) is 15.6. The van der Waals surface area contributed by atoms with Crippen molar-refractivity contribution in [1.82, 2.24) is 4.90 Å². The molecule has 1 heterocycles. The van der Waals surface area contributed by atoms with Gasteiger partial charge in [0.05, 0.1) is 0 Å². The summed E-state index contributed by atoms with van der Waals surface area (Å²) in [7, 11) is 4.17. The number of benzene rings is 1. The van der Waals surface area contributed by atoms with Crippen LogP contribution in [0.5, 0.6) is 0 Å². The van der Waals surface area contributed by atoms with Crippen LogP contribution in [0, 0.1) is 11.7 Å². The highest BCUT2D eigenvalue weighted by Crippen LogP contribution is 2.27. The molecule has 0 radical (unpaired) electrons. The van der Waals surface area contributed by atoms with Crippen LogP contribution in [0.15, 0.2) is 23.4 Å². The molecule has 0 spiro atoms. The molecule has 1 fully saturated rings. The van der Waals surface area contributed by atoms with Crippen molar-refractivity contribution in [2.45, 2.75) is 12.8 Å². The lowest BCUT2D eigenvalue weighted by Gasteiger charge is -2.35. The molecule has 1 aromatic rings. The van der Waals surface area contributed by atoms with Gasteiger partial charge in [0.1, 0.15) is 5.82 Å². The summed E-state index contributed by atoms with van der Waals surface area (Å²) < 4.78 is 13.4. The predicted molar refractivity (Wildman–Crippen MR) is 82.4 cm³/mol. The summed E-state index contributed by atoms with van der Waals surface area (Å²) in [5.74, 6) is 0.242. The van der Waals surface area contributed by atoms with E-state index in [1.807, 2.05) is 0 Å². The Morgan fingerprint density at radius 3 is 2.67 bits per heavy atom. The van der Waals surface area contributed by atoms with Gasteiger partial charge in [-0.2, -0.15) is 0 Å². The molecule has 0 aromatic heterocycles. The van der Waals surface area contributed by atoms with E-state index in [-0.39, 0.29) is 11.7 Å². The van der Waals surface area contributed by atoms with Gasteiger partial charge in [-0.3, -0.25) is 0 Å². The summed E-state index contributed by atoms with van der Waals surface area (Å²) in [5, 5.41) is 11.9. The summed E-state index contributed by atoms with van der Waals surface area (Å²) in [6, 6.07) is 4.43. The fourth-order valence-corrected chi connectivity index (χ4v) is 2.92. The quantitative estimate of drug-likeness (QED) is 0.384. The monoisotopic (exact) mass is 294 g/mol. The van der Waals surface area contributed by atoms with Crippen molar-refractivity contribution in [3.63, 3.8) is 0 Å². The van der Waals surface area contributed by atoms with Gasteiger partial charge < -0.3 is 20.7 Å². The van der Waals surface area contributed by atoms with E-state index < -0.39 is 0 Å². The fourth-order valence-electron chi connectivity index (χ4n) is 2.92. The van der Waals surface area contributed by atoms with Gasteiger partial charge in [-0.05, 0) is 51.1 Å². The molecule has 116 valence electrons. The zero-order chi connectivity index (χ0) is 15.4. The molecule has 6 heteroatoms. The molecule has 0 saturated carbocycles. The molecule has 0 atom stereocenters. The van der Waals surface area contributed by atoms with Crippen molar-refractivity contribution in [2.75, 3.05) is 38.6 Å². The molecule has 0 bridgehead atoms. The predicted octanol–water partition coefficient (Wildman–Crippen LogP) is 1.70. The van der Waals surface area contributed by atoms with Crippen LogP contribution < -0.4 is 10.6 Å². The maximum atomic E-state index is 13.4. The number of oxime groups is 1. The van der Waals surface area contributed by atoms with E-state index in [0.29, 0.717) is 11.5 Å². The standard InChI is InChI=1S/C15H23FN4O/c1-19(2)10-11-5-7-20(8-6-11)14-4-3-12(16)9-13(14)15(17)18-21/h3-4,9,11,21H,5-8,10H2,1-2H3,(H2,17,18). The first-order valence-corrected chi connectivity index (χ1v) is 7.18. The Bertz CT molecular complexity index is 510. The molecular weight excluding hydrogens is 271 g/mol. The molecule has 0 aliphatic carbocycles. The molecule has 1 aliphatic heterocycles. The smallest absolute Gasteiger partial charge is 0.172 e. The first-order chi connectivity index (χ1) is 10.0. The molecule has 1 aliphatic rings. The summed E-state index contributed by atoms with van der Waals surface area (Å²) in [5.41, 5.74) is 6.94. The SMILES string of the molecule is CN(C)CC1CCN(c2ccc(F)cc2C(N)=NO)CC1. The van der Waals surface area contributed by atoms with Crippen LogP contribution in [-0.4, -0.2) is 49.7 Å². The van der Waals surface area contributed by atoms with E-state index >= 15 is 0 Å². The van der Waals surface area contributed by atoms with Crippen molar-refractivity contribution >= 4 is 11.5 Å². The number of amidine groups is 1. The highest BCUT2D eigenvalue weighted by Gasteiger charge is 2.22. The average Bonchev–Trinajstić information content (AvgIpc) is 2.47. The number of piperidine rings is 1. The van der Waals surface area contributed by atoms with Crippen molar-refractivity contribution in [2.24, 2.45) is 16.8 Å². The molecule has 21 heavy (non-hydrogen) atoms. The number of rotatable bonds is 4. The van der Waals surface area contributed by atoms with E-state index in [2.05, 4.69) is 29.1 Å². The number of hydrogen-bond donors (Lipinski definition) is 2. The molecular formula is C15H23FN4O. The first-order valence-electron chi connectivity index (χ1n) is 7.18. The summed E-state index contributed by atoms with van der Waals surface area (Å²) in [6.07, 6.45) is 2.18. The summed E-state index contributed by atoms with van der Waals surface area (Å²) in [6.45, 7) is 2.88. The Morgan fingerprint density at radius 2 is 2.10 bits per heavy atom. The average molecular weight is 294 g/mol. The van der Waals surface area contributed by atoms with Crippen LogP contribution in [0.4, 0.5) is 10.1 Å². The maximum Gasteiger partial charge on any atom is 0.172 e. The number of halogens is 1. The number of hydrogen-bond acceptors (Lipinski definition) is 4. The van der Waals surface area contributed by atoms with Gasteiger partial charge in [0, 0.05) is 30.9 Å². The molecule has 0 unspecified atom stereocenters. The third-order valence-electron chi connectivity index (χ3n) is 3.92. The van der Waals surface area contributed by atoms with E-state index in [1.54, 1.807) is 6.07 Å². The Kier molecular flexibility index (Phi) is 5.01. The molecule has 1 saturated heterocycles. The van der Waals surface area contributed by atoms with Gasteiger partial charge in [0.25, 0.3) is 0 Å². The molecule has 0 amide bonds. The number of nitrogens with zero attached hydrogens (tertiary/aromatic N) is 3. The minimum atomic E-state index is -0.386. The van der Waals surface area contributed by atoms with Crippen LogP contribution in [0.25, 0.3) is 0 Å². The third-order valence-corrected chi connectivity index (χ3v) is 3.92. The Balaban J connectivity index is 2.13. The van der Waals surface area contributed by atoms with Crippen molar-refractivity contribution in [3.8, 4) is 0 Å². The van der Waals surface area contributed by atoms with Gasteiger partial charge in [0.2, 0.25) is 0 Å². The summed E-state index contributed by atoms with van der Waals surface area (Å²) >= 11 is 0. The largest absolute Gasteiger partial charge is 0.409 e. The minimum Gasteiger partial charge on any atom is -0.409 e. The third kappa shape index (κ3) is 3.85. The Morgan fingerprint density at radius 1 is 1.43 bits per heavy atom. The van der Waals surface area contributed by atoms with Crippen molar-refractivity contribution in [3.05, 3.63) is 29.6 Å². The maximum absolute atomic E-state index is 13.4. The van der Waals surface area contributed by atoms with Gasteiger partial charge in [-0.25, -0.2) is 4.39 Å². The number of nitrogens with two attached hydrogens (primary N) is 1. The van der Waals surface area contributed by atoms with Crippen LogP contribution in [-0.2, 0) is 0 Å². The zero-order valence-corrected chi connectivity index (χ0v) is 12.6. The van der Waals surface area contributed by atoms with Gasteiger partial charge in [-0.15, -0.1) is 0 Å². The summed E-state index contributed by atoms with van der Waals surface area (Å²) in [4.78, 5) is 4.39. The van der Waals surface area contributed by atoms with Crippen LogP contribution in [0.3, 0.4) is 0 Å². The van der Waals surface area contributed by atoms with E-state index in [1.165, 1.54) is 12.1 Å². The second kappa shape index (κ2) is 6.76. The Hall–Kier alpha value is -1.82. The number of anilines is 1. The van der Waals surface area contributed by atoms with Crippen molar-refractivity contribution < 1.29 is 9.60 Å². The van der Waals surface area contributed by atoms with Crippen molar-refractivity contribution in [1.29, 1.82) is 0 Å². The lowest BCUT2D eigenvalue weighted by molar-refractivity contribution is 0.285. The molecule has 1 aromatic carbocycles. The van der Waals surface area contributed by atoms with Gasteiger partial charge in [0.15, 0.2) is 5.84 Å². The molecule has 3 N–H and O–H groups in total.